The fourth-order valence-corrected chi connectivity index (χ4v) is 1.71. The van der Waals surface area contributed by atoms with Crippen molar-refractivity contribution in [2.45, 2.75) is 19.6 Å². The standard InChI is InChI=1S/C11H18N6/c1-8-14-10(12-2)16-11(15-8)17(3)7-9-4-5-13-6-9/h4-6,8,13H,7H2,1-3H3,(H2,12,14,15,16). The van der Waals surface area contributed by atoms with Gasteiger partial charge in [0.25, 0.3) is 0 Å². The second kappa shape index (κ2) is 4.90. The van der Waals surface area contributed by atoms with Gasteiger partial charge in [-0.1, -0.05) is 0 Å². The van der Waals surface area contributed by atoms with Gasteiger partial charge in [-0.3, -0.25) is 10.3 Å². The van der Waals surface area contributed by atoms with Crippen molar-refractivity contribution in [3.63, 3.8) is 0 Å². The van der Waals surface area contributed by atoms with E-state index in [0.29, 0.717) is 0 Å². The molecule has 0 saturated heterocycles. The summed E-state index contributed by atoms with van der Waals surface area (Å²) in [6, 6.07) is 2.05. The molecule has 17 heavy (non-hydrogen) atoms. The first-order valence-corrected chi connectivity index (χ1v) is 5.60. The molecule has 2 heterocycles. The Labute approximate surface area is 101 Å². The number of hydrogen-bond donors (Lipinski definition) is 3. The highest BCUT2D eigenvalue weighted by Gasteiger charge is 2.17. The third kappa shape index (κ3) is 2.77. The lowest BCUT2D eigenvalue weighted by Gasteiger charge is -2.28. The summed E-state index contributed by atoms with van der Waals surface area (Å²) in [4.78, 5) is 13.7. The molecule has 6 nitrogen and oxygen atoms in total. The number of hydrogen-bond acceptors (Lipinski definition) is 3. The number of nitrogens with one attached hydrogen (secondary N) is 3. The van der Waals surface area contributed by atoms with Gasteiger partial charge in [0.15, 0.2) is 5.96 Å². The third-order valence-electron chi connectivity index (χ3n) is 2.56. The summed E-state index contributed by atoms with van der Waals surface area (Å²) < 4.78 is 0. The molecule has 6 heteroatoms. The van der Waals surface area contributed by atoms with Crippen LogP contribution in [0.15, 0.2) is 28.4 Å². The lowest BCUT2D eigenvalue weighted by atomic mass is 10.3. The second-order valence-electron chi connectivity index (χ2n) is 4.05. The van der Waals surface area contributed by atoms with Crippen molar-refractivity contribution < 1.29 is 0 Å². The number of aliphatic imine (C=N–C) groups is 2. The minimum Gasteiger partial charge on any atom is -0.367 e. The molecule has 3 N–H and O–H groups in total. The number of nitrogens with zero attached hydrogens (tertiary/aromatic N) is 3. The van der Waals surface area contributed by atoms with E-state index in [4.69, 9.17) is 0 Å². The maximum absolute atomic E-state index is 4.49. The van der Waals surface area contributed by atoms with E-state index in [2.05, 4.69) is 36.6 Å². The normalized spacial score (nSPS) is 21.7. The first-order chi connectivity index (χ1) is 8.19. The van der Waals surface area contributed by atoms with Crippen LogP contribution in [0.4, 0.5) is 0 Å². The molecule has 0 bridgehead atoms. The van der Waals surface area contributed by atoms with Crippen LogP contribution in [-0.2, 0) is 6.54 Å². The van der Waals surface area contributed by atoms with Crippen molar-refractivity contribution in [2.75, 3.05) is 14.1 Å². The third-order valence-corrected chi connectivity index (χ3v) is 2.56. The fraction of sp³-hybridized carbons (Fsp3) is 0.455. The molecule has 92 valence electrons. The number of aromatic nitrogens is 1. The topological polar surface area (TPSA) is 67.8 Å². The lowest BCUT2D eigenvalue weighted by Crippen LogP contribution is -2.54. The number of guanidine groups is 2. The molecule has 0 fully saturated rings. The molecule has 0 aromatic carbocycles. The zero-order valence-corrected chi connectivity index (χ0v) is 10.4. The minimum absolute atomic E-state index is 0.0404. The van der Waals surface area contributed by atoms with E-state index >= 15 is 0 Å². The molecule has 1 aliphatic rings. The zero-order chi connectivity index (χ0) is 12.3. The smallest absolute Gasteiger partial charge is 0.202 e. The molecule has 1 aromatic heterocycles. The van der Waals surface area contributed by atoms with Crippen molar-refractivity contribution in [3.05, 3.63) is 24.0 Å². The minimum atomic E-state index is 0.0404. The molecular weight excluding hydrogens is 216 g/mol. The van der Waals surface area contributed by atoms with Crippen molar-refractivity contribution in [3.8, 4) is 0 Å². The summed E-state index contributed by atoms with van der Waals surface area (Å²) in [5, 5.41) is 6.28. The Balaban J connectivity index is 2.06. The van der Waals surface area contributed by atoms with Gasteiger partial charge in [0.2, 0.25) is 5.96 Å². The summed E-state index contributed by atoms with van der Waals surface area (Å²) >= 11 is 0. The van der Waals surface area contributed by atoms with Crippen LogP contribution in [0.2, 0.25) is 0 Å². The largest absolute Gasteiger partial charge is 0.367 e. The molecular formula is C11H18N6. The number of rotatable bonds is 2. The molecule has 1 unspecified atom stereocenters. The van der Waals surface area contributed by atoms with Gasteiger partial charge in [-0.05, 0) is 18.6 Å². The van der Waals surface area contributed by atoms with Crippen LogP contribution in [0.25, 0.3) is 0 Å². The van der Waals surface area contributed by atoms with Crippen LogP contribution in [0.1, 0.15) is 12.5 Å². The van der Waals surface area contributed by atoms with Crippen molar-refractivity contribution in [1.29, 1.82) is 0 Å². The lowest BCUT2D eigenvalue weighted by molar-refractivity contribution is 0.471. The molecule has 1 atom stereocenters. The highest BCUT2D eigenvalue weighted by Crippen LogP contribution is 2.03. The van der Waals surface area contributed by atoms with Crippen LogP contribution in [0, 0.1) is 0 Å². The van der Waals surface area contributed by atoms with Gasteiger partial charge in [-0.25, -0.2) is 4.99 Å². The number of H-pyrrole nitrogens is 1. The molecule has 0 radical (unpaired) electrons. The van der Waals surface area contributed by atoms with Gasteiger partial charge in [-0.2, -0.15) is 0 Å². The average molecular weight is 234 g/mol. The molecule has 0 saturated carbocycles. The zero-order valence-electron chi connectivity index (χ0n) is 10.4. The van der Waals surface area contributed by atoms with Crippen molar-refractivity contribution >= 4 is 11.9 Å². The fourth-order valence-electron chi connectivity index (χ4n) is 1.71. The van der Waals surface area contributed by atoms with Gasteiger partial charge < -0.3 is 15.2 Å². The van der Waals surface area contributed by atoms with Crippen molar-refractivity contribution in [2.24, 2.45) is 9.98 Å². The molecule has 1 aliphatic heterocycles. The summed E-state index contributed by atoms with van der Waals surface area (Å²) in [6.45, 7) is 2.80. The van der Waals surface area contributed by atoms with Gasteiger partial charge in [-0.15, -0.1) is 0 Å². The Morgan fingerprint density at radius 3 is 3.00 bits per heavy atom. The van der Waals surface area contributed by atoms with Crippen LogP contribution < -0.4 is 10.6 Å². The first-order valence-electron chi connectivity index (χ1n) is 5.60. The maximum Gasteiger partial charge on any atom is 0.202 e. The molecule has 0 aliphatic carbocycles. The first kappa shape index (κ1) is 11.5. The van der Waals surface area contributed by atoms with Gasteiger partial charge in [0, 0.05) is 33.0 Å². The van der Waals surface area contributed by atoms with Crippen LogP contribution in [0.3, 0.4) is 0 Å². The quantitative estimate of drug-likeness (QED) is 0.690. The second-order valence-corrected chi connectivity index (χ2v) is 4.05. The summed E-state index contributed by atoms with van der Waals surface area (Å²) in [5.41, 5.74) is 1.22. The Kier molecular flexibility index (Phi) is 3.32. The van der Waals surface area contributed by atoms with Crippen LogP contribution in [0.5, 0.6) is 0 Å². The predicted octanol–water partition coefficient (Wildman–Crippen LogP) is 0.327. The summed E-state index contributed by atoms with van der Waals surface area (Å²) in [7, 11) is 3.75. The van der Waals surface area contributed by atoms with E-state index in [1.54, 1.807) is 7.05 Å². The monoisotopic (exact) mass is 234 g/mol. The highest BCUT2D eigenvalue weighted by molar-refractivity contribution is 6.00. The average Bonchev–Trinajstić information content (AvgIpc) is 2.81. The predicted molar refractivity (Wildman–Crippen MR) is 68.8 cm³/mol. The van der Waals surface area contributed by atoms with Gasteiger partial charge in [0.05, 0.1) is 0 Å². The van der Waals surface area contributed by atoms with Crippen LogP contribution >= 0.6 is 0 Å². The van der Waals surface area contributed by atoms with Crippen molar-refractivity contribution in [1.82, 2.24) is 20.5 Å². The number of aromatic amines is 1. The van der Waals surface area contributed by atoms with E-state index < -0.39 is 0 Å². The molecule has 0 amide bonds. The summed E-state index contributed by atoms with van der Waals surface area (Å²) in [5.74, 6) is 1.58. The molecule has 1 aromatic rings. The van der Waals surface area contributed by atoms with Gasteiger partial charge >= 0.3 is 0 Å². The molecule has 2 rings (SSSR count). The Hall–Kier alpha value is -1.98. The maximum atomic E-state index is 4.49. The molecule has 0 spiro atoms. The highest BCUT2D eigenvalue weighted by atomic mass is 15.4. The van der Waals surface area contributed by atoms with E-state index in [-0.39, 0.29) is 6.17 Å². The summed E-state index contributed by atoms with van der Waals surface area (Å²) in [6.07, 6.45) is 3.94. The SMILES string of the molecule is CN=C1NC(N(C)Cc2cc[nH]c2)=NC(C)N1. The van der Waals surface area contributed by atoms with E-state index in [9.17, 15) is 0 Å². The van der Waals surface area contributed by atoms with E-state index in [1.165, 1.54) is 5.56 Å². The van der Waals surface area contributed by atoms with Gasteiger partial charge in [0.1, 0.15) is 6.17 Å². The Bertz CT molecular complexity index is 419. The van der Waals surface area contributed by atoms with E-state index in [1.807, 2.05) is 26.4 Å². The van der Waals surface area contributed by atoms with E-state index in [0.717, 1.165) is 18.5 Å². The Morgan fingerprint density at radius 2 is 2.35 bits per heavy atom. The van der Waals surface area contributed by atoms with Crippen LogP contribution in [-0.4, -0.2) is 42.1 Å². The Morgan fingerprint density at radius 1 is 1.53 bits per heavy atom.